The Balaban J connectivity index is 2.30. The van der Waals surface area contributed by atoms with Crippen LogP contribution in [-0.2, 0) is 6.54 Å². The predicted molar refractivity (Wildman–Crippen MR) is 69.7 cm³/mol. The molecule has 1 heterocycles. The Bertz CT molecular complexity index is 609. The standard InChI is InChI=1S/C14H12F2N2O2/c1-18(8-10-4-2-3-5-17-10)13-11(15)6-9(14(19)20)7-12(13)16/h2-7H,8H2,1H3,(H,19,20). The molecule has 0 spiro atoms. The number of carboxylic acids is 1. The molecule has 0 fully saturated rings. The molecule has 0 aliphatic heterocycles. The van der Waals surface area contributed by atoms with E-state index in [0.29, 0.717) is 5.69 Å². The number of hydrogen-bond acceptors (Lipinski definition) is 3. The van der Waals surface area contributed by atoms with Crippen molar-refractivity contribution in [2.45, 2.75) is 6.54 Å². The monoisotopic (exact) mass is 278 g/mol. The van der Waals surface area contributed by atoms with Crippen LogP contribution >= 0.6 is 0 Å². The van der Waals surface area contributed by atoms with Crippen LogP contribution in [0, 0.1) is 11.6 Å². The van der Waals surface area contributed by atoms with Crippen LogP contribution in [0.25, 0.3) is 0 Å². The third-order valence-electron chi connectivity index (χ3n) is 2.77. The van der Waals surface area contributed by atoms with Crippen molar-refractivity contribution in [1.82, 2.24) is 4.98 Å². The first-order valence-electron chi connectivity index (χ1n) is 5.82. The van der Waals surface area contributed by atoms with Gasteiger partial charge < -0.3 is 10.0 Å². The molecular formula is C14H12F2N2O2. The summed E-state index contributed by atoms with van der Waals surface area (Å²) in [5, 5.41) is 8.74. The van der Waals surface area contributed by atoms with Gasteiger partial charge in [0, 0.05) is 13.2 Å². The minimum absolute atomic E-state index is 0.209. The van der Waals surface area contributed by atoms with Crippen molar-refractivity contribution >= 4 is 11.7 Å². The van der Waals surface area contributed by atoms with Gasteiger partial charge in [0.15, 0.2) is 0 Å². The predicted octanol–water partition coefficient (Wildman–Crippen LogP) is 2.69. The molecule has 0 atom stereocenters. The van der Waals surface area contributed by atoms with Crippen molar-refractivity contribution in [3.05, 3.63) is 59.4 Å². The Labute approximate surface area is 114 Å². The van der Waals surface area contributed by atoms with E-state index in [1.807, 2.05) is 0 Å². The number of halogens is 2. The average molecular weight is 278 g/mol. The van der Waals surface area contributed by atoms with E-state index >= 15 is 0 Å². The highest BCUT2D eigenvalue weighted by Gasteiger charge is 2.18. The molecule has 0 aliphatic carbocycles. The van der Waals surface area contributed by atoms with Gasteiger partial charge in [0.2, 0.25) is 0 Å². The molecule has 0 unspecified atom stereocenters. The van der Waals surface area contributed by atoms with Crippen LogP contribution < -0.4 is 4.90 Å². The van der Waals surface area contributed by atoms with E-state index in [-0.39, 0.29) is 12.2 Å². The average Bonchev–Trinajstić information content (AvgIpc) is 2.38. The topological polar surface area (TPSA) is 53.4 Å². The normalized spacial score (nSPS) is 10.3. The largest absolute Gasteiger partial charge is 0.478 e. The van der Waals surface area contributed by atoms with E-state index in [2.05, 4.69) is 4.98 Å². The zero-order chi connectivity index (χ0) is 14.7. The van der Waals surface area contributed by atoms with Gasteiger partial charge in [-0.15, -0.1) is 0 Å². The molecule has 0 amide bonds. The lowest BCUT2D eigenvalue weighted by atomic mass is 10.1. The second kappa shape index (κ2) is 5.64. The second-order valence-corrected chi connectivity index (χ2v) is 4.27. The number of aromatic nitrogens is 1. The van der Waals surface area contributed by atoms with E-state index in [9.17, 15) is 13.6 Å². The van der Waals surface area contributed by atoms with E-state index in [0.717, 1.165) is 12.1 Å². The maximum Gasteiger partial charge on any atom is 0.335 e. The summed E-state index contributed by atoms with van der Waals surface area (Å²) in [7, 11) is 1.51. The molecule has 2 aromatic rings. The zero-order valence-electron chi connectivity index (χ0n) is 10.7. The van der Waals surface area contributed by atoms with Gasteiger partial charge in [-0.05, 0) is 24.3 Å². The number of pyridine rings is 1. The molecule has 2 rings (SSSR count). The molecule has 0 bridgehead atoms. The fourth-order valence-corrected chi connectivity index (χ4v) is 1.87. The number of benzene rings is 1. The number of carboxylic acid groups (broad SMARTS) is 1. The summed E-state index contributed by atoms with van der Waals surface area (Å²) in [6, 6.07) is 6.85. The van der Waals surface area contributed by atoms with E-state index in [4.69, 9.17) is 5.11 Å². The summed E-state index contributed by atoms with van der Waals surface area (Å²) in [5.41, 5.74) is -0.0493. The van der Waals surface area contributed by atoms with Crippen molar-refractivity contribution in [3.63, 3.8) is 0 Å². The number of carbonyl (C=O) groups is 1. The highest BCUT2D eigenvalue weighted by atomic mass is 19.1. The number of rotatable bonds is 4. The van der Waals surface area contributed by atoms with Crippen molar-refractivity contribution in [3.8, 4) is 0 Å². The highest BCUT2D eigenvalue weighted by Crippen LogP contribution is 2.25. The van der Waals surface area contributed by atoms with Crippen molar-refractivity contribution in [2.75, 3.05) is 11.9 Å². The van der Waals surface area contributed by atoms with Crippen molar-refractivity contribution in [1.29, 1.82) is 0 Å². The lowest BCUT2D eigenvalue weighted by molar-refractivity contribution is 0.0695. The molecular weight excluding hydrogens is 266 g/mol. The number of hydrogen-bond donors (Lipinski definition) is 1. The van der Waals surface area contributed by atoms with Gasteiger partial charge in [-0.25, -0.2) is 13.6 Å². The van der Waals surface area contributed by atoms with E-state index < -0.39 is 23.2 Å². The van der Waals surface area contributed by atoms with Crippen LogP contribution in [0.5, 0.6) is 0 Å². The van der Waals surface area contributed by atoms with Crippen LogP contribution in [0.2, 0.25) is 0 Å². The Morgan fingerprint density at radius 1 is 1.30 bits per heavy atom. The molecule has 1 aromatic heterocycles. The first-order chi connectivity index (χ1) is 9.49. The molecule has 0 saturated heterocycles. The van der Waals surface area contributed by atoms with Gasteiger partial charge >= 0.3 is 5.97 Å². The Morgan fingerprint density at radius 2 is 1.95 bits per heavy atom. The molecule has 0 aliphatic rings. The SMILES string of the molecule is CN(Cc1ccccn1)c1c(F)cc(C(=O)O)cc1F. The van der Waals surface area contributed by atoms with E-state index in [1.54, 1.807) is 24.4 Å². The second-order valence-electron chi connectivity index (χ2n) is 4.27. The number of nitrogens with zero attached hydrogens (tertiary/aromatic N) is 2. The lowest BCUT2D eigenvalue weighted by Gasteiger charge is -2.20. The van der Waals surface area contributed by atoms with Crippen molar-refractivity contribution < 1.29 is 18.7 Å². The third-order valence-corrected chi connectivity index (χ3v) is 2.77. The minimum atomic E-state index is -1.37. The van der Waals surface area contributed by atoms with Gasteiger partial charge in [0.1, 0.15) is 17.3 Å². The van der Waals surface area contributed by atoms with Gasteiger partial charge in [0.25, 0.3) is 0 Å². The Morgan fingerprint density at radius 3 is 2.45 bits per heavy atom. The first kappa shape index (κ1) is 13.9. The molecule has 1 N–H and O–H groups in total. The molecule has 20 heavy (non-hydrogen) atoms. The van der Waals surface area contributed by atoms with Crippen LogP contribution in [-0.4, -0.2) is 23.1 Å². The first-order valence-corrected chi connectivity index (χ1v) is 5.82. The van der Waals surface area contributed by atoms with Crippen LogP contribution in [0.1, 0.15) is 16.1 Å². The number of aromatic carboxylic acids is 1. The molecule has 1 aromatic carbocycles. The van der Waals surface area contributed by atoms with Gasteiger partial charge in [0.05, 0.1) is 17.8 Å². The van der Waals surface area contributed by atoms with Crippen LogP contribution in [0.15, 0.2) is 36.5 Å². The van der Waals surface area contributed by atoms with Gasteiger partial charge in [-0.3, -0.25) is 4.98 Å². The lowest BCUT2D eigenvalue weighted by Crippen LogP contribution is -2.20. The summed E-state index contributed by atoms with van der Waals surface area (Å²) in [6.07, 6.45) is 1.59. The number of anilines is 1. The zero-order valence-corrected chi connectivity index (χ0v) is 10.7. The Kier molecular flexibility index (Phi) is 3.93. The third kappa shape index (κ3) is 2.90. The maximum absolute atomic E-state index is 13.9. The quantitative estimate of drug-likeness (QED) is 0.934. The summed E-state index contributed by atoms with van der Waals surface area (Å²) < 4.78 is 27.7. The maximum atomic E-state index is 13.9. The fourth-order valence-electron chi connectivity index (χ4n) is 1.87. The molecule has 104 valence electrons. The summed E-state index contributed by atoms with van der Waals surface area (Å²) in [4.78, 5) is 16.1. The Hall–Kier alpha value is -2.50. The van der Waals surface area contributed by atoms with E-state index in [1.165, 1.54) is 11.9 Å². The summed E-state index contributed by atoms with van der Waals surface area (Å²) >= 11 is 0. The summed E-state index contributed by atoms with van der Waals surface area (Å²) in [5.74, 6) is -3.21. The molecule has 0 saturated carbocycles. The summed E-state index contributed by atoms with van der Waals surface area (Å²) in [6.45, 7) is 0.209. The van der Waals surface area contributed by atoms with Gasteiger partial charge in [-0.1, -0.05) is 6.07 Å². The fraction of sp³-hybridized carbons (Fsp3) is 0.143. The van der Waals surface area contributed by atoms with Gasteiger partial charge in [-0.2, -0.15) is 0 Å². The molecule has 4 nitrogen and oxygen atoms in total. The van der Waals surface area contributed by atoms with Crippen molar-refractivity contribution in [2.24, 2.45) is 0 Å². The van der Waals surface area contributed by atoms with Crippen LogP contribution in [0.3, 0.4) is 0 Å². The molecule has 6 heteroatoms. The van der Waals surface area contributed by atoms with Crippen LogP contribution in [0.4, 0.5) is 14.5 Å². The highest BCUT2D eigenvalue weighted by molar-refractivity contribution is 5.88. The molecule has 0 radical (unpaired) electrons. The minimum Gasteiger partial charge on any atom is -0.478 e. The smallest absolute Gasteiger partial charge is 0.335 e.